The molecule has 0 radical (unpaired) electrons. The summed E-state index contributed by atoms with van der Waals surface area (Å²) in [4.78, 5) is 45.3. The summed E-state index contributed by atoms with van der Waals surface area (Å²) >= 11 is 3.46. The molecule has 1 aliphatic carbocycles. The van der Waals surface area contributed by atoms with Crippen LogP contribution in [0, 0.1) is 5.92 Å². The van der Waals surface area contributed by atoms with E-state index < -0.39 is 24.1 Å². The highest BCUT2D eigenvalue weighted by Crippen LogP contribution is 2.50. The van der Waals surface area contributed by atoms with E-state index in [-0.39, 0.29) is 30.3 Å². The predicted octanol–water partition coefficient (Wildman–Crippen LogP) is 5.64. The standard InChI is InChI=1S/C30H28BrN3O4/c31-20-13-11-19(12-14-20)24-17-25(24)28(35)34-23-15-16-26(34)27(29(36)37)32(18-23)30(38)33(21-7-3-1-4-8-21)22-9-5-2-6-10-22/h1-14,23-27H,15-18H2,(H,36,37)/t23-,24?,25?,26+,27-/m0/s1. The molecule has 3 aromatic rings. The molecular weight excluding hydrogens is 546 g/mol. The van der Waals surface area contributed by atoms with Crippen LogP contribution in [0.25, 0.3) is 0 Å². The van der Waals surface area contributed by atoms with Crippen molar-refractivity contribution >= 4 is 45.2 Å². The monoisotopic (exact) mass is 573 g/mol. The van der Waals surface area contributed by atoms with Crippen LogP contribution in [0.3, 0.4) is 0 Å². The van der Waals surface area contributed by atoms with Crippen LogP contribution in [0.2, 0.25) is 0 Å². The van der Waals surface area contributed by atoms with Gasteiger partial charge in [0.1, 0.15) is 0 Å². The maximum absolute atomic E-state index is 14.1. The Balaban J connectivity index is 1.27. The van der Waals surface area contributed by atoms with Crippen LogP contribution < -0.4 is 4.90 Å². The zero-order valence-electron chi connectivity index (χ0n) is 20.7. The van der Waals surface area contributed by atoms with E-state index in [0.29, 0.717) is 24.2 Å². The number of carbonyl (C=O) groups excluding carboxylic acids is 2. The lowest BCUT2D eigenvalue weighted by atomic mass is 10.0. The van der Waals surface area contributed by atoms with Crippen molar-refractivity contribution in [2.45, 2.75) is 43.3 Å². The van der Waals surface area contributed by atoms with Crippen molar-refractivity contribution in [3.8, 4) is 0 Å². The molecule has 3 amide bonds. The van der Waals surface area contributed by atoms with Crippen LogP contribution >= 0.6 is 15.9 Å². The second-order valence-corrected chi connectivity index (χ2v) is 11.2. The third kappa shape index (κ3) is 4.36. The molecule has 2 unspecified atom stereocenters. The van der Waals surface area contributed by atoms with Gasteiger partial charge in [-0.1, -0.05) is 64.5 Å². The molecule has 1 saturated carbocycles. The number of rotatable bonds is 5. The summed E-state index contributed by atoms with van der Waals surface area (Å²) in [6, 6.07) is 24.3. The molecule has 7 nitrogen and oxygen atoms in total. The van der Waals surface area contributed by atoms with Crippen molar-refractivity contribution in [2.75, 3.05) is 11.4 Å². The van der Waals surface area contributed by atoms with Crippen LogP contribution in [-0.2, 0) is 9.59 Å². The highest BCUT2D eigenvalue weighted by molar-refractivity contribution is 9.10. The van der Waals surface area contributed by atoms with E-state index in [1.807, 2.05) is 89.8 Å². The lowest BCUT2D eigenvalue weighted by Crippen LogP contribution is -2.66. The van der Waals surface area contributed by atoms with E-state index in [0.717, 1.165) is 16.5 Å². The number of hydrogen-bond acceptors (Lipinski definition) is 3. The molecule has 38 heavy (non-hydrogen) atoms. The highest BCUT2D eigenvalue weighted by atomic mass is 79.9. The summed E-state index contributed by atoms with van der Waals surface area (Å²) in [7, 11) is 0. The fourth-order valence-electron chi connectivity index (χ4n) is 6.18. The Morgan fingerprint density at radius 3 is 2.03 bits per heavy atom. The van der Waals surface area contributed by atoms with E-state index >= 15 is 0 Å². The molecule has 6 rings (SSSR count). The average molecular weight is 574 g/mol. The molecule has 2 aliphatic heterocycles. The number of para-hydroxylation sites is 2. The van der Waals surface area contributed by atoms with Gasteiger partial charge in [-0.3, -0.25) is 9.69 Å². The van der Waals surface area contributed by atoms with Crippen LogP contribution in [0.15, 0.2) is 89.4 Å². The molecule has 0 aromatic heterocycles. The van der Waals surface area contributed by atoms with Gasteiger partial charge in [0.2, 0.25) is 5.91 Å². The first-order valence-corrected chi connectivity index (χ1v) is 13.7. The number of carboxylic acids is 1. The summed E-state index contributed by atoms with van der Waals surface area (Å²) in [5, 5.41) is 10.4. The first kappa shape index (κ1) is 24.7. The summed E-state index contributed by atoms with van der Waals surface area (Å²) in [6.07, 6.45) is 2.03. The number of halogens is 1. The van der Waals surface area contributed by atoms with E-state index in [1.165, 1.54) is 4.90 Å². The number of fused-ring (bicyclic) bond motifs is 2. The Labute approximate surface area is 229 Å². The summed E-state index contributed by atoms with van der Waals surface area (Å²) in [6.45, 7) is 0.198. The molecule has 2 heterocycles. The number of aliphatic carboxylic acids is 1. The van der Waals surface area contributed by atoms with Gasteiger partial charge in [0.05, 0.1) is 17.4 Å². The van der Waals surface area contributed by atoms with E-state index in [2.05, 4.69) is 15.9 Å². The molecule has 2 saturated heterocycles. The third-order valence-corrected chi connectivity index (χ3v) is 8.56. The minimum Gasteiger partial charge on any atom is -0.480 e. The molecule has 8 heteroatoms. The van der Waals surface area contributed by atoms with Crippen molar-refractivity contribution in [3.63, 3.8) is 0 Å². The first-order valence-electron chi connectivity index (χ1n) is 13.0. The number of anilines is 2. The third-order valence-electron chi connectivity index (χ3n) is 8.03. The minimum atomic E-state index is -1.11. The highest BCUT2D eigenvalue weighted by Gasteiger charge is 2.57. The topological polar surface area (TPSA) is 81.2 Å². The van der Waals surface area contributed by atoms with Crippen molar-refractivity contribution in [1.82, 2.24) is 9.80 Å². The average Bonchev–Trinajstić information content (AvgIpc) is 3.67. The number of likely N-dealkylation sites (tertiary alicyclic amines) is 1. The fourth-order valence-corrected chi connectivity index (χ4v) is 6.44. The van der Waals surface area contributed by atoms with Gasteiger partial charge in [-0.05, 0) is 67.1 Å². The predicted molar refractivity (Wildman–Crippen MR) is 147 cm³/mol. The van der Waals surface area contributed by atoms with Crippen LogP contribution in [-0.4, -0.2) is 57.5 Å². The number of nitrogens with zero attached hydrogens (tertiary/aromatic N) is 3. The number of urea groups is 1. The van der Waals surface area contributed by atoms with Gasteiger partial charge in [0.15, 0.2) is 6.04 Å². The Morgan fingerprint density at radius 2 is 1.45 bits per heavy atom. The number of benzene rings is 3. The maximum atomic E-state index is 14.1. The zero-order chi connectivity index (χ0) is 26.4. The second kappa shape index (κ2) is 9.91. The van der Waals surface area contributed by atoms with Crippen molar-refractivity contribution in [2.24, 2.45) is 5.92 Å². The van der Waals surface area contributed by atoms with Gasteiger partial charge in [-0.25, -0.2) is 9.59 Å². The lowest BCUT2D eigenvalue weighted by molar-refractivity contribution is -0.151. The van der Waals surface area contributed by atoms with Crippen LogP contribution in [0.5, 0.6) is 0 Å². The number of piperazine rings is 1. The Hall–Kier alpha value is -3.65. The molecule has 194 valence electrons. The van der Waals surface area contributed by atoms with E-state index in [9.17, 15) is 19.5 Å². The Morgan fingerprint density at radius 1 is 0.842 bits per heavy atom. The van der Waals surface area contributed by atoms with Crippen molar-refractivity contribution in [1.29, 1.82) is 0 Å². The van der Waals surface area contributed by atoms with E-state index in [1.54, 1.807) is 4.90 Å². The Bertz CT molecular complexity index is 1310. The summed E-state index contributed by atoms with van der Waals surface area (Å²) in [5.41, 5.74) is 2.45. The van der Waals surface area contributed by atoms with Crippen molar-refractivity contribution < 1.29 is 19.5 Å². The van der Waals surface area contributed by atoms with Gasteiger partial charge in [-0.15, -0.1) is 0 Å². The first-order chi connectivity index (χ1) is 18.4. The molecule has 5 atom stereocenters. The quantitative estimate of drug-likeness (QED) is 0.428. The fraction of sp³-hybridized carbons (Fsp3) is 0.300. The van der Waals surface area contributed by atoms with Gasteiger partial charge in [-0.2, -0.15) is 0 Å². The molecule has 0 spiro atoms. The number of hydrogen-bond donors (Lipinski definition) is 1. The number of carbonyl (C=O) groups is 3. The SMILES string of the molecule is O=C(O)[C@@H]1[C@H]2CC[C@@H](CN1C(=O)N(c1ccccc1)c1ccccc1)N2C(=O)C1CC1c1ccc(Br)cc1. The summed E-state index contributed by atoms with van der Waals surface area (Å²) in [5.74, 6) is -1.04. The van der Waals surface area contributed by atoms with Crippen molar-refractivity contribution in [3.05, 3.63) is 95.0 Å². The van der Waals surface area contributed by atoms with E-state index in [4.69, 9.17) is 0 Å². The molecule has 1 N–H and O–H groups in total. The maximum Gasteiger partial charge on any atom is 0.329 e. The molecule has 2 bridgehead atoms. The molecule has 3 aliphatic rings. The van der Waals surface area contributed by atoms with Gasteiger partial charge in [0.25, 0.3) is 0 Å². The Kier molecular flexibility index (Phi) is 6.43. The van der Waals surface area contributed by atoms with Gasteiger partial charge < -0.3 is 14.9 Å². The van der Waals surface area contributed by atoms with Gasteiger partial charge in [0, 0.05) is 23.0 Å². The van der Waals surface area contributed by atoms with Crippen LogP contribution in [0.1, 0.15) is 30.7 Å². The van der Waals surface area contributed by atoms with Crippen LogP contribution in [0.4, 0.5) is 16.2 Å². The normalized spacial score (nSPS) is 25.7. The number of carboxylic acid groups (broad SMARTS) is 1. The zero-order valence-corrected chi connectivity index (χ0v) is 22.3. The largest absolute Gasteiger partial charge is 0.480 e. The molecule has 3 fully saturated rings. The lowest BCUT2D eigenvalue weighted by Gasteiger charge is -2.46. The number of amides is 3. The minimum absolute atomic E-state index is 0.0201. The second-order valence-electron chi connectivity index (χ2n) is 10.3. The summed E-state index contributed by atoms with van der Waals surface area (Å²) < 4.78 is 0.993. The molecular formula is C30H28BrN3O4. The smallest absolute Gasteiger partial charge is 0.329 e. The van der Waals surface area contributed by atoms with Gasteiger partial charge >= 0.3 is 12.0 Å². The molecule has 3 aromatic carbocycles.